The molecule has 1 saturated heterocycles. The van der Waals surface area contributed by atoms with Crippen molar-refractivity contribution in [1.82, 2.24) is 5.32 Å². The van der Waals surface area contributed by atoms with Crippen LogP contribution in [0.4, 0.5) is 0 Å². The first-order valence-corrected chi connectivity index (χ1v) is 9.06. The second-order valence-electron chi connectivity index (χ2n) is 6.17. The molecule has 0 bridgehead atoms. The summed E-state index contributed by atoms with van der Waals surface area (Å²) in [5, 5.41) is 3.78. The van der Waals surface area contributed by atoms with Crippen LogP contribution in [0.3, 0.4) is 0 Å². The van der Waals surface area contributed by atoms with Crippen molar-refractivity contribution in [3.05, 3.63) is 34.3 Å². The normalized spacial score (nSPS) is 34.2. The maximum absolute atomic E-state index is 3.78. The Labute approximate surface area is 129 Å². The minimum Gasteiger partial charge on any atom is -0.313 e. The fraction of sp³-hybridized carbons (Fsp3) is 0.625. The smallest absolute Gasteiger partial charge is 0.0256 e. The largest absolute Gasteiger partial charge is 0.313 e. The van der Waals surface area contributed by atoms with Crippen LogP contribution >= 0.6 is 27.7 Å². The van der Waals surface area contributed by atoms with E-state index >= 15 is 0 Å². The van der Waals surface area contributed by atoms with Crippen LogP contribution < -0.4 is 5.32 Å². The molecule has 1 atom stereocenters. The average Bonchev–Trinajstić information content (AvgIpc) is 2.77. The lowest BCUT2D eigenvalue weighted by Crippen LogP contribution is -2.45. The van der Waals surface area contributed by atoms with Gasteiger partial charge in [-0.1, -0.05) is 34.1 Å². The average molecular weight is 340 g/mol. The molecule has 0 amide bonds. The second kappa shape index (κ2) is 5.79. The predicted molar refractivity (Wildman–Crippen MR) is 88.0 cm³/mol. The van der Waals surface area contributed by atoms with Gasteiger partial charge in [0, 0.05) is 21.8 Å². The van der Waals surface area contributed by atoms with Crippen LogP contribution in [-0.2, 0) is 0 Å². The van der Waals surface area contributed by atoms with Crippen molar-refractivity contribution in [1.29, 1.82) is 0 Å². The lowest BCUT2D eigenvalue weighted by Gasteiger charge is -2.38. The lowest BCUT2D eigenvalue weighted by atomic mass is 9.76. The Bertz CT molecular complexity index is 436. The predicted octanol–water partition coefficient (Wildman–Crippen LogP) is 4.57. The first-order valence-electron chi connectivity index (χ1n) is 7.28. The van der Waals surface area contributed by atoms with E-state index in [-0.39, 0.29) is 0 Å². The number of benzene rings is 1. The highest BCUT2D eigenvalue weighted by Crippen LogP contribution is 2.41. The van der Waals surface area contributed by atoms with Crippen LogP contribution in [0.5, 0.6) is 0 Å². The molecule has 1 saturated carbocycles. The maximum atomic E-state index is 3.78. The van der Waals surface area contributed by atoms with Gasteiger partial charge in [-0.25, -0.2) is 0 Å². The zero-order chi connectivity index (χ0) is 13.3. The van der Waals surface area contributed by atoms with E-state index in [4.69, 9.17) is 0 Å². The van der Waals surface area contributed by atoms with Crippen molar-refractivity contribution in [2.75, 3.05) is 12.3 Å². The number of thioether (sulfide) groups is 1. The molecular formula is C16H22BrNS. The minimum absolute atomic E-state index is 0.498. The number of nitrogens with one attached hydrogen (secondary N) is 1. The molecule has 104 valence electrons. The SMILES string of the molecule is CC1(CNC2CC(c3ccccc3Br)C2)CCCS1. The lowest BCUT2D eigenvalue weighted by molar-refractivity contribution is 0.282. The maximum Gasteiger partial charge on any atom is 0.0256 e. The van der Waals surface area contributed by atoms with Crippen LogP contribution in [0, 0.1) is 0 Å². The van der Waals surface area contributed by atoms with Gasteiger partial charge in [0.15, 0.2) is 0 Å². The highest BCUT2D eigenvalue weighted by Gasteiger charge is 2.34. The minimum atomic E-state index is 0.498. The molecule has 3 rings (SSSR count). The Morgan fingerprint density at radius 2 is 2.16 bits per heavy atom. The van der Waals surface area contributed by atoms with Gasteiger partial charge in [0.25, 0.3) is 0 Å². The molecule has 3 heteroatoms. The van der Waals surface area contributed by atoms with Crippen LogP contribution in [0.2, 0.25) is 0 Å². The Morgan fingerprint density at radius 1 is 1.37 bits per heavy atom. The van der Waals surface area contributed by atoms with Gasteiger partial charge in [-0.05, 0) is 55.9 Å². The molecule has 0 radical (unpaired) electrons. The molecule has 1 N–H and O–H groups in total. The summed E-state index contributed by atoms with van der Waals surface area (Å²) >= 11 is 5.82. The van der Waals surface area contributed by atoms with Crippen molar-refractivity contribution in [3.63, 3.8) is 0 Å². The molecule has 1 aromatic rings. The quantitative estimate of drug-likeness (QED) is 0.862. The van der Waals surface area contributed by atoms with Crippen LogP contribution in [-0.4, -0.2) is 23.1 Å². The summed E-state index contributed by atoms with van der Waals surface area (Å²) in [5.74, 6) is 2.10. The van der Waals surface area contributed by atoms with Crippen LogP contribution in [0.1, 0.15) is 44.1 Å². The first kappa shape index (κ1) is 14.0. The van der Waals surface area contributed by atoms with Gasteiger partial charge in [-0.15, -0.1) is 0 Å². The third kappa shape index (κ3) is 3.20. The van der Waals surface area contributed by atoms with Gasteiger partial charge in [-0.3, -0.25) is 0 Å². The van der Waals surface area contributed by atoms with Crippen LogP contribution in [0.25, 0.3) is 0 Å². The molecule has 0 aromatic heterocycles. The molecule has 1 unspecified atom stereocenters. The van der Waals surface area contributed by atoms with E-state index < -0.39 is 0 Å². The van der Waals surface area contributed by atoms with Gasteiger partial charge >= 0.3 is 0 Å². The molecule has 0 spiro atoms. The van der Waals surface area contributed by atoms with E-state index in [0.717, 1.165) is 12.0 Å². The summed E-state index contributed by atoms with van der Waals surface area (Å²) in [4.78, 5) is 0. The monoisotopic (exact) mass is 339 g/mol. The Morgan fingerprint density at radius 3 is 2.84 bits per heavy atom. The highest BCUT2D eigenvalue weighted by molar-refractivity contribution is 9.10. The molecule has 1 aromatic carbocycles. The van der Waals surface area contributed by atoms with E-state index in [1.807, 2.05) is 0 Å². The zero-order valence-electron chi connectivity index (χ0n) is 11.5. The van der Waals surface area contributed by atoms with Gasteiger partial charge in [0.1, 0.15) is 0 Å². The third-order valence-corrected chi connectivity index (χ3v) is 6.81. The molecular weight excluding hydrogens is 318 g/mol. The van der Waals surface area contributed by atoms with E-state index in [2.05, 4.69) is 64.2 Å². The van der Waals surface area contributed by atoms with E-state index in [9.17, 15) is 0 Å². The highest BCUT2D eigenvalue weighted by atomic mass is 79.9. The Kier molecular flexibility index (Phi) is 4.25. The van der Waals surface area contributed by atoms with Crippen molar-refractivity contribution in [2.24, 2.45) is 0 Å². The van der Waals surface area contributed by atoms with Gasteiger partial charge < -0.3 is 5.32 Å². The van der Waals surface area contributed by atoms with E-state index in [0.29, 0.717) is 4.75 Å². The molecule has 1 heterocycles. The summed E-state index contributed by atoms with van der Waals surface area (Å²) in [6.07, 6.45) is 5.37. The Hall–Kier alpha value is 0.01000. The number of hydrogen-bond acceptors (Lipinski definition) is 2. The zero-order valence-corrected chi connectivity index (χ0v) is 13.9. The number of halogens is 1. The standard InChI is InChI=1S/C16H22BrNS/c1-16(7-4-8-19-16)11-18-13-9-12(10-13)14-5-2-3-6-15(14)17/h2-3,5-6,12-13,18H,4,7-11H2,1H3. The Balaban J connectivity index is 1.47. The van der Waals surface area contributed by atoms with Crippen molar-refractivity contribution >= 4 is 27.7 Å². The van der Waals surface area contributed by atoms with Gasteiger partial charge in [0.2, 0.25) is 0 Å². The van der Waals surface area contributed by atoms with Crippen molar-refractivity contribution in [3.8, 4) is 0 Å². The fourth-order valence-corrected chi connectivity index (χ4v) is 5.05. The summed E-state index contributed by atoms with van der Waals surface area (Å²) in [6, 6.07) is 9.40. The van der Waals surface area contributed by atoms with E-state index in [1.165, 1.54) is 48.0 Å². The molecule has 1 nitrogen and oxygen atoms in total. The number of rotatable bonds is 4. The fourth-order valence-electron chi connectivity index (χ4n) is 3.18. The topological polar surface area (TPSA) is 12.0 Å². The van der Waals surface area contributed by atoms with Crippen molar-refractivity contribution < 1.29 is 0 Å². The summed E-state index contributed by atoms with van der Waals surface area (Å²) < 4.78 is 1.77. The van der Waals surface area contributed by atoms with Crippen LogP contribution in [0.15, 0.2) is 28.7 Å². The summed E-state index contributed by atoms with van der Waals surface area (Å²) in [7, 11) is 0. The second-order valence-corrected chi connectivity index (χ2v) is 8.71. The van der Waals surface area contributed by atoms with Crippen molar-refractivity contribution in [2.45, 2.75) is 49.3 Å². The molecule has 1 aliphatic heterocycles. The van der Waals surface area contributed by atoms with E-state index in [1.54, 1.807) is 0 Å². The van der Waals surface area contributed by atoms with Gasteiger partial charge in [0.05, 0.1) is 0 Å². The molecule has 19 heavy (non-hydrogen) atoms. The first-order chi connectivity index (χ1) is 9.16. The molecule has 2 aliphatic rings. The summed E-state index contributed by atoms with van der Waals surface area (Å²) in [5.41, 5.74) is 1.49. The number of hydrogen-bond donors (Lipinski definition) is 1. The molecule has 2 fully saturated rings. The van der Waals surface area contributed by atoms with Gasteiger partial charge in [-0.2, -0.15) is 11.8 Å². The third-order valence-electron chi connectivity index (χ3n) is 4.55. The summed E-state index contributed by atoms with van der Waals surface area (Å²) in [6.45, 7) is 3.60. The molecule has 1 aliphatic carbocycles.